The summed E-state index contributed by atoms with van der Waals surface area (Å²) >= 11 is 1.52. The van der Waals surface area contributed by atoms with E-state index in [0.717, 1.165) is 15.3 Å². The molecule has 0 unspecified atom stereocenters. The van der Waals surface area contributed by atoms with Crippen LogP contribution in [0.1, 0.15) is 27.0 Å². The fraction of sp³-hybridized carbons (Fsp3) is 0.429. The Hall–Kier alpha value is -2.25. The number of amides is 2. The average Bonchev–Trinajstić information content (AvgIpc) is 3.12. The lowest BCUT2D eigenvalue weighted by atomic mass is 10.2. The summed E-state index contributed by atoms with van der Waals surface area (Å²) in [5.41, 5.74) is 0.789. The van der Waals surface area contributed by atoms with Gasteiger partial charge in [-0.15, -0.1) is 11.3 Å². The summed E-state index contributed by atoms with van der Waals surface area (Å²) in [4.78, 5) is 32.8. The van der Waals surface area contributed by atoms with Crippen LogP contribution < -0.4 is 0 Å². The van der Waals surface area contributed by atoms with Crippen molar-refractivity contribution >= 4 is 23.2 Å². The van der Waals surface area contributed by atoms with Gasteiger partial charge in [0.15, 0.2) is 0 Å². The van der Waals surface area contributed by atoms with Gasteiger partial charge in [0.2, 0.25) is 5.91 Å². The van der Waals surface area contributed by atoms with Crippen LogP contribution in [0.2, 0.25) is 0 Å². The van der Waals surface area contributed by atoms with E-state index in [9.17, 15) is 14.0 Å². The lowest BCUT2D eigenvalue weighted by Crippen LogP contribution is -2.51. The highest BCUT2D eigenvalue weighted by atomic mass is 32.1. The summed E-state index contributed by atoms with van der Waals surface area (Å²) in [5, 5.41) is 0. The van der Waals surface area contributed by atoms with E-state index in [1.165, 1.54) is 23.5 Å². The normalized spacial score (nSPS) is 14.9. The van der Waals surface area contributed by atoms with Gasteiger partial charge in [-0.1, -0.05) is 12.1 Å². The van der Waals surface area contributed by atoms with E-state index in [4.69, 9.17) is 0 Å². The second kappa shape index (κ2) is 9.30. The number of hydrogen-bond donors (Lipinski definition) is 0. The quantitative estimate of drug-likeness (QED) is 0.745. The zero-order valence-electron chi connectivity index (χ0n) is 16.4. The van der Waals surface area contributed by atoms with Crippen molar-refractivity contribution in [2.24, 2.45) is 0 Å². The molecule has 0 N–H and O–H groups in total. The molecule has 5 nitrogen and oxygen atoms in total. The van der Waals surface area contributed by atoms with Crippen LogP contribution in [0.25, 0.3) is 0 Å². The molecule has 1 aliphatic rings. The van der Waals surface area contributed by atoms with Crippen LogP contribution in [-0.4, -0.2) is 65.8 Å². The Morgan fingerprint density at radius 2 is 1.89 bits per heavy atom. The Bertz CT molecular complexity index is 831. The molecular weight excluding hydrogens is 377 g/mol. The molecule has 0 bridgehead atoms. The standard InChI is InChI=1S/C21H26FN3O2S/c1-3-24(14-17-5-4-6-18(22)13-17)20(26)15-23-9-11-25(12-10-23)21(27)19-8-7-16(2)28-19/h4-8,13H,3,9-12,14-15H2,1-2H3. The molecule has 2 amide bonds. The van der Waals surface area contributed by atoms with Crippen LogP contribution in [0.4, 0.5) is 4.39 Å². The number of thiophene rings is 1. The molecule has 3 rings (SSSR count). The number of halogens is 1. The first-order valence-electron chi connectivity index (χ1n) is 9.56. The minimum absolute atomic E-state index is 0.0282. The predicted molar refractivity (Wildman–Crippen MR) is 109 cm³/mol. The number of benzene rings is 1. The first-order valence-corrected chi connectivity index (χ1v) is 10.4. The molecule has 28 heavy (non-hydrogen) atoms. The summed E-state index contributed by atoms with van der Waals surface area (Å²) in [6.07, 6.45) is 0. The summed E-state index contributed by atoms with van der Waals surface area (Å²) < 4.78 is 13.4. The fourth-order valence-corrected chi connectivity index (χ4v) is 4.17. The average molecular weight is 404 g/mol. The van der Waals surface area contributed by atoms with Gasteiger partial charge < -0.3 is 9.80 Å². The number of rotatable bonds is 6. The summed E-state index contributed by atoms with van der Waals surface area (Å²) in [6, 6.07) is 10.2. The maximum atomic E-state index is 13.4. The molecule has 2 heterocycles. The molecule has 150 valence electrons. The molecule has 1 fully saturated rings. The highest BCUT2D eigenvalue weighted by Crippen LogP contribution is 2.18. The van der Waals surface area contributed by atoms with Crippen molar-refractivity contribution in [3.05, 3.63) is 57.5 Å². The number of carbonyl (C=O) groups is 2. The van der Waals surface area contributed by atoms with Gasteiger partial charge in [-0.2, -0.15) is 0 Å². The molecule has 0 aliphatic carbocycles. The van der Waals surface area contributed by atoms with Crippen molar-refractivity contribution in [3.63, 3.8) is 0 Å². The molecule has 1 aliphatic heterocycles. The Kier molecular flexibility index (Phi) is 6.80. The van der Waals surface area contributed by atoms with E-state index in [0.29, 0.717) is 45.8 Å². The van der Waals surface area contributed by atoms with Gasteiger partial charge in [-0.3, -0.25) is 14.5 Å². The van der Waals surface area contributed by atoms with Crippen LogP contribution in [0.5, 0.6) is 0 Å². The third kappa shape index (κ3) is 5.17. The van der Waals surface area contributed by atoms with E-state index < -0.39 is 0 Å². The molecule has 0 radical (unpaired) electrons. The largest absolute Gasteiger partial charge is 0.338 e. The minimum atomic E-state index is -0.289. The van der Waals surface area contributed by atoms with Gasteiger partial charge in [0, 0.05) is 44.1 Å². The zero-order chi connectivity index (χ0) is 20.1. The molecule has 1 aromatic carbocycles. The fourth-order valence-electron chi connectivity index (χ4n) is 3.34. The van der Waals surface area contributed by atoms with Crippen molar-refractivity contribution in [2.75, 3.05) is 39.3 Å². The Labute approximate surface area is 169 Å². The zero-order valence-corrected chi connectivity index (χ0v) is 17.2. The first-order chi connectivity index (χ1) is 13.5. The second-order valence-electron chi connectivity index (χ2n) is 7.02. The summed E-state index contributed by atoms with van der Waals surface area (Å²) in [5.74, 6) is -0.187. The topological polar surface area (TPSA) is 43.9 Å². The van der Waals surface area contributed by atoms with Crippen LogP contribution >= 0.6 is 11.3 Å². The van der Waals surface area contributed by atoms with Gasteiger partial charge in [-0.25, -0.2) is 4.39 Å². The number of hydrogen-bond acceptors (Lipinski definition) is 4. The van der Waals surface area contributed by atoms with E-state index in [2.05, 4.69) is 4.90 Å². The van der Waals surface area contributed by atoms with Crippen LogP contribution in [0.15, 0.2) is 36.4 Å². The SMILES string of the molecule is CCN(Cc1cccc(F)c1)C(=O)CN1CCN(C(=O)c2ccc(C)s2)CC1. The monoisotopic (exact) mass is 403 g/mol. The Morgan fingerprint density at radius 3 is 2.50 bits per heavy atom. The van der Waals surface area contributed by atoms with Crippen LogP contribution in [0, 0.1) is 12.7 Å². The third-order valence-electron chi connectivity index (χ3n) is 4.97. The molecule has 1 saturated heterocycles. The van der Waals surface area contributed by atoms with Crippen molar-refractivity contribution in [2.45, 2.75) is 20.4 Å². The minimum Gasteiger partial charge on any atom is -0.338 e. The number of nitrogens with zero attached hydrogens (tertiary/aromatic N) is 3. The third-order valence-corrected chi connectivity index (χ3v) is 5.96. The number of aryl methyl sites for hydroxylation is 1. The highest BCUT2D eigenvalue weighted by Gasteiger charge is 2.25. The van der Waals surface area contributed by atoms with Gasteiger partial charge >= 0.3 is 0 Å². The lowest BCUT2D eigenvalue weighted by molar-refractivity contribution is -0.133. The first kappa shape index (κ1) is 20.5. The maximum absolute atomic E-state index is 13.4. The summed E-state index contributed by atoms with van der Waals surface area (Å²) in [7, 11) is 0. The number of carbonyl (C=O) groups excluding carboxylic acids is 2. The van der Waals surface area contributed by atoms with E-state index in [1.54, 1.807) is 11.0 Å². The molecule has 0 spiro atoms. The molecule has 2 aromatic rings. The molecular formula is C21H26FN3O2S. The van der Waals surface area contributed by atoms with Gasteiger partial charge in [0.25, 0.3) is 5.91 Å². The van der Waals surface area contributed by atoms with Gasteiger partial charge in [0.05, 0.1) is 11.4 Å². The van der Waals surface area contributed by atoms with Crippen LogP contribution in [-0.2, 0) is 11.3 Å². The number of likely N-dealkylation sites (N-methyl/N-ethyl adjacent to an activating group) is 1. The van der Waals surface area contributed by atoms with Gasteiger partial charge in [-0.05, 0) is 43.7 Å². The molecule has 7 heteroatoms. The molecule has 1 aromatic heterocycles. The smallest absolute Gasteiger partial charge is 0.264 e. The van der Waals surface area contributed by atoms with E-state index >= 15 is 0 Å². The Balaban J connectivity index is 1.50. The highest BCUT2D eigenvalue weighted by molar-refractivity contribution is 7.13. The van der Waals surface area contributed by atoms with Crippen molar-refractivity contribution in [3.8, 4) is 0 Å². The lowest BCUT2D eigenvalue weighted by Gasteiger charge is -2.35. The van der Waals surface area contributed by atoms with E-state index in [1.807, 2.05) is 36.9 Å². The molecule has 0 saturated carbocycles. The Morgan fingerprint density at radius 1 is 1.14 bits per heavy atom. The van der Waals surface area contributed by atoms with Crippen molar-refractivity contribution in [1.29, 1.82) is 0 Å². The summed E-state index contributed by atoms with van der Waals surface area (Å²) in [6.45, 7) is 7.83. The molecule has 0 atom stereocenters. The predicted octanol–water partition coefficient (Wildman–Crippen LogP) is 3.00. The van der Waals surface area contributed by atoms with Crippen molar-refractivity contribution < 1.29 is 14.0 Å². The van der Waals surface area contributed by atoms with Crippen molar-refractivity contribution in [1.82, 2.24) is 14.7 Å². The van der Waals surface area contributed by atoms with Gasteiger partial charge in [0.1, 0.15) is 5.82 Å². The van der Waals surface area contributed by atoms with Crippen LogP contribution in [0.3, 0.4) is 0 Å². The van der Waals surface area contributed by atoms with E-state index in [-0.39, 0.29) is 17.6 Å². The number of piperazine rings is 1. The second-order valence-corrected chi connectivity index (χ2v) is 8.30. The maximum Gasteiger partial charge on any atom is 0.264 e.